The molecule has 1 aromatic heterocycles. The number of amides is 2. The van der Waals surface area contributed by atoms with E-state index in [2.05, 4.69) is 5.32 Å². The lowest BCUT2D eigenvalue weighted by molar-refractivity contribution is -0.168. The third kappa shape index (κ3) is 3.33. The molecular formula is C12H16N2O4. The Kier molecular flexibility index (Phi) is 4.35. The first-order valence-electron chi connectivity index (χ1n) is 6.02. The SMILES string of the molecule is O=C(NCCCC(=O)N1CCCO1)c1ccco1. The molecule has 1 saturated heterocycles. The molecule has 0 aromatic carbocycles. The fraction of sp³-hybridized carbons (Fsp3) is 0.500. The van der Waals surface area contributed by atoms with Gasteiger partial charge in [0.25, 0.3) is 5.91 Å². The highest BCUT2D eigenvalue weighted by molar-refractivity contribution is 5.91. The monoisotopic (exact) mass is 252 g/mol. The van der Waals surface area contributed by atoms with Gasteiger partial charge in [-0.3, -0.25) is 14.4 Å². The van der Waals surface area contributed by atoms with Gasteiger partial charge in [0.15, 0.2) is 5.76 Å². The first-order chi connectivity index (χ1) is 8.77. The van der Waals surface area contributed by atoms with E-state index in [1.54, 1.807) is 12.1 Å². The number of nitrogens with one attached hydrogen (secondary N) is 1. The molecule has 1 aliphatic heterocycles. The molecule has 0 aliphatic carbocycles. The van der Waals surface area contributed by atoms with Crippen molar-refractivity contribution in [2.75, 3.05) is 19.7 Å². The average molecular weight is 252 g/mol. The molecule has 1 fully saturated rings. The Morgan fingerprint density at radius 2 is 2.33 bits per heavy atom. The van der Waals surface area contributed by atoms with Gasteiger partial charge in [0.05, 0.1) is 19.4 Å². The predicted octanol–water partition coefficient (Wildman–Crippen LogP) is 0.953. The third-order valence-corrected chi connectivity index (χ3v) is 2.63. The lowest BCUT2D eigenvalue weighted by atomic mass is 10.3. The maximum atomic E-state index is 11.6. The van der Waals surface area contributed by atoms with Crippen LogP contribution in [-0.4, -0.2) is 36.6 Å². The van der Waals surface area contributed by atoms with Crippen molar-refractivity contribution in [3.63, 3.8) is 0 Å². The van der Waals surface area contributed by atoms with Gasteiger partial charge in [-0.25, -0.2) is 5.06 Å². The van der Waals surface area contributed by atoms with E-state index < -0.39 is 0 Å². The Labute approximate surface area is 105 Å². The smallest absolute Gasteiger partial charge is 0.286 e. The molecule has 0 radical (unpaired) electrons. The number of carbonyl (C=O) groups is 2. The normalized spacial score (nSPS) is 14.8. The average Bonchev–Trinajstić information content (AvgIpc) is 3.05. The number of rotatable bonds is 5. The second-order valence-corrected chi connectivity index (χ2v) is 4.02. The third-order valence-electron chi connectivity index (χ3n) is 2.63. The van der Waals surface area contributed by atoms with Gasteiger partial charge in [-0.05, 0) is 25.0 Å². The number of furan rings is 1. The molecule has 18 heavy (non-hydrogen) atoms. The largest absolute Gasteiger partial charge is 0.459 e. The van der Waals surface area contributed by atoms with E-state index in [4.69, 9.17) is 9.25 Å². The van der Waals surface area contributed by atoms with Crippen LogP contribution in [0.15, 0.2) is 22.8 Å². The van der Waals surface area contributed by atoms with Crippen LogP contribution in [-0.2, 0) is 9.63 Å². The van der Waals surface area contributed by atoms with Gasteiger partial charge in [-0.2, -0.15) is 0 Å². The summed E-state index contributed by atoms with van der Waals surface area (Å²) in [6.07, 6.45) is 3.30. The summed E-state index contributed by atoms with van der Waals surface area (Å²) in [5, 5.41) is 4.08. The van der Waals surface area contributed by atoms with E-state index in [0.29, 0.717) is 32.5 Å². The number of carbonyl (C=O) groups excluding carboxylic acids is 2. The summed E-state index contributed by atoms with van der Waals surface area (Å²) >= 11 is 0. The fourth-order valence-corrected chi connectivity index (χ4v) is 1.71. The number of hydrogen-bond donors (Lipinski definition) is 1. The van der Waals surface area contributed by atoms with Gasteiger partial charge < -0.3 is 9.73 Å². The lowest BCUT2D eigenvalue weighted by Gasteiger charge is -2.13. The van der Waals surface area contributed by atoms with Crippen LogP contribution in [0.1, 0.15) is 29.8 Å². The van der Waals surface area contributed by atoms with Gasteiger partial charge >= 0.3 is 0 Å². The van der Waals surface area contributed by atoms with Crippen LogP contribution < -0.4 is 5.32 Å². The maximum Gasteiger partial charge on any atom is 0.286 e. The van der Waals surface area contributed by atoms with Gasteiger partial charge in [0, 0.05) is 13.0 Å². The first kappa shape index (κ1) is 12.6. The molecule has 0 unspecified atom stereocenters. The zero-order valence-corrected chi connectivity index (χ0v) is 10.1. The van der Waals surface area contributed by atoms with Crippen molar-refractivity contribution < 1.29 is 18.8 Å². The van der Waals surface area contributed by atoms with Crippen molar-refractivity contribution in [1.29, 1.82) is 0 Å². The van der Waals surface area contributed by atoms with E-state index in [-0.39, 0.29) is 17.6 Å². The summed E-state index contributed by atoms with van der Waals surface area (Å²) in [7, 11) is 0. The Morgan fingerprint density at radius 1 is 1.44 bits per heavy atom. The maximum absolute atomic E-state index is 11.6. The Hall–Kier alpha value is -1.82. The molecule has 0 bridgehead atoms. The summed E-state index contributed by atoms with van der Waals surface area (Å²) < 4.78 is 4.95. The summed E-state index contributed by atoms with van der Waals surface area (Å²) in [5.41, 5.74) is 0. The van der Waals surface area contributed by atoms with Crippen molar-refractivity contribution in [3.05, 3.63) is 24.2 Å². The molecule has 6 nitrogen and oxygen atoms in total. The molecule has 1 aromatic rings. The van der Waals surface area contributed by atoms with Crippen LogP contribution in [0.3, 0.4) is 0 Å². The highest BCUT2D eigenvalue weighted by Gasteiger charge is 2.18. The van der Waals surface area contributed by atoms with Crippen molar-refractivity contribution in [3.8, 4) is 0 Å². The highest BCUT2D eigenvalue weighted by Crippen LogP contribution is 2.07. The zero-order valence-electron chi connectivity index (χ0n) is 10.1. The number of hydroxylamine groups is 2. The van der Waals surface area contributed by atoms with E-state index in [9.17, 15) is 9.59 Å². The predicted molar refractivity (Wildman–Crippen MR) is 62.6 cm³/mol. The van der Waals surface area contributed by atoms with Crippen LogP contribution in [0.2, 0.25) is 0 Å². The van der Waals surface area contributed by atoms with Crippen LogP contribution in [0, 0.1) is 0 Å². The Balaban J connectivity index is 1.61. The fourth-order valence-electron chi connectivity index (χ4n) is 1.71. The summed E-state index contributed by atoms with van der Waals surface area (Å²) in [5.74, 6) is -0.00572. The molecule has 2 rings (SSSR count). The minimum Gasteiger partial charge on any atom is -0.459 e. The second-order valence-electron chi connectivity index (χ2n) is 4.02. The van der Waals surface area contributed by atoms with E-state index in [1.807, 2.05) is 0 Å². The van der Waals surface area contributed by atoms with Crippen LogP contribution in [0.25, 0.3) is 0 Å². The van der Waals surface area contributed by atoms with E-state index >= 15 is 0 Å². The van der Waals surface area contributed by atoms with Crippen LogP contribution in [0.5, 0.6) is 0 Å². The molecule has 98 valence electrons. The van der Waals surface area contributed by atoms with Crippen molar-refractivity contribution in [2.24, 2.45) is 0 Å². The molecule has 1 N–H and O–H groups in total. The zero-order chi connectivity index (χ0) is 12.8. The Morgan fingerprint density at radius 3 is 3.00 bits per heavy atom. The highest BCUT2D eigenvalue weighted by atomic mass is 16.7. The Bertz CT molecular complexity index is 396. The molecule has 0 spiro atoms. The van der Waals surface area contributed by atoms with Gasteiger partial charge in [-0.1, -0.05) is 0 Å². The lowest BCUT2D eigenvalue weighted by Crippen LogP contribution is -2.28. The van der Waals surface area contributed by atoms with Crippen molar-refractivity contribution in [1.82, 2.24) is 10.4 Å². The molecule has 0 saturated carbocycles. The molecule has 6 heteroatoms. The van der Waals surface area contributed by atoms with Crippen molar-refractivity contribution in [2.45, 2.75) is 19.3 Å². The number of hydrogen-bond acceptors (Lipinski definition) is 4. The molecule has 0 atom stereocenters. The van der Waals surface area contributed by atoms with Crippen molar-refractivity contribution >= 4 is 11.8 Å². The van der Waals surface area contributed by atoms with Crippen LogP contribution >= 0.6 is 0 Å². The number of nitrogens with zero attached hydrogens (tertiary/aromatic N) is 1. The topological polar surface area (TPSA) is 71.8 Å². The molecular weight excluding hydrogens is 236 g/mol. The molecule has 2 amide bonds. The van der Waals surface area contributed by atoms with Gasteiger partial charge in [0.2, 0.25) is 5.91 Å². The first-order valence-corrected chi connectivity index (χ1v) is 6.02. The summed E-state index contributed by atoms with van der Waals surface area (Å²) in [6.45, 7) is 1.72. The standard InChI is InChI=1S/C12H16N2O4/c15-11(14-7-3-9-18-14)5-1-6-13-12(16)10-4-2-8-17-10/h2,4,8H,1,3,5-7,9H2,(H,13,16). The molecule has 2 heterocycles. The molecule has 1 aliphatic rings. The van der Waals surface area contributed by atoms with Crippen LogP contribution in [0.4, 0.5) is 0 Å². The van der Waals surface area contributed by atoms with E-state index in [1.165, 1.54) is 11.3 Å². The minimum atomic E-state index is -0.259. The summed E-state index contributed by atoms with van der Waals surface area (Å²) in [6, 6.07) is 3.25. The minimum absolute atomic E-state index is 0.0280. The quantitative estimate of drug-likeness (QED) is 0.792. The summed E-state index contributed by atoms with van der Waals surface area (Å²) in [4.78, 5) is 28.2. The van der Waals surface area contributed by atoms with Gasteiger partial charge in [0.1, 0.15) is 0 Å². The van der Waals surface area contributed by atoms with E-state index in [0.717, 1.165) is 6.42 Å². The second kappa shape index (κ2) is 6.20. The van der Waals surface area contributed by atoms with Gasteiger partial charge in [-0.15, -0.1) is 0 Å².